The Balaban J connectivity index is 1.41. The van der Waals surface area contributed by atoms with Gasteiger partial charge in [0, 0.05) is 37.3 Å². The lowest BCUT2D eigenvalue weighted by Gasteiger charge is -2.34. The molecule has 0 atom stereocenters. The average Bonchev–Trinajstić information content (AvgIpc) is 3.20. The standard InChI is InChI=1S/C20H20N4O4S/c1-15-21-19(28-22-15)16-7-9-17(10-8-16)20(25)23-11-13-24(14-12-23)29(26,27)18-5-3-2-4-6-18/h2-10H,11-14H2,1H3. The Morgan fingerprint density at radius 2 is 1.62 bits per heavy atom. The zero-order valence-corrected chi connectivity index (χ0v) is 16.7. The molecule has 0 bridgehead atoms. The molecule has 0 unspecified atom stereocenters. The maximum absolute atomic E-state index is 12.8. The van der Waals surface area contributed by atoms with Crippen molar-refractivity contribution < 1.29 is 17.7 Å². The van der Waals surface area contributed by atoms with E-state index in [0.717, 1.165) is 5.56 Å². The van der Waals surface area contributed by atoms with Crippen molar-refractivity contribution in [2.45, 2.75) is 11.8 Å². The number of sulfonamides is 1. The van der Waals surface area contributed by atoms with Gasteiger partial charge in [-0.3, -0.25) is 4.79 Å². The molecule has 150 valence electrons. The molecule has 0 spiro atoms. The van der Waals surface area contributed by atoms with Gasteiger partial charge in [-0.1, -0.05) is 23.4 Å². The largest absolute Gasteiger partial charge is 0.336 e. The summed E-state index contributed by atoms with van der Waals surface area (Å²) in [5, 5.41) is 3.76. The van der Waals surface area contributed by atoms with Crippen LogP contribution in [0, 0.1) is 6.92 Å². The predicted molar refractivity (Wildman–Crippen MR) is 106 cm³/mol. The molecular weight excluding hydrogens is 392 g/mol. The van der Waals surface area contributed by atoms with Crippen LogP contribution in [-0.4, -0.2) is 59.8 Å². The monoisotopic (exact) mass is 412 g/mol. The van der Waals surface area contributed by atoms with Crippen LogP contribution in [0.25, 0.3) is 11.5 Å². The van der Waals surface area contributed by atoms with Gasteiger partial charge in [0.05, 0.1) is 4.90 Å². The first-order valence-corrected chi connectivity index (χ1v) is 10.6. The number of aryl methyl sites for hydroxylation is 1. The van der Waals surface area contributed by atoms with Crippen molar-refractivity contribution in [3.05, 3.63) is 66.0 Å². The molecule has 0 aliphatic carbocycles. The number of piperazine rings is 1. The SMILES string of the molecule is Cc1noc(-c2ccc(C(=O)N3CCN(S(=O)(=O)c4ccccc4)CC3)cc2)n1. The lowest BCUT2D eigenvalue weighted by Crippen LogP contribution is -2.50. The first-order valence-electron chi connectivity index (χ1n) is 9.20. The Kier molecular flexibility index (Phi) is 5.16. The Hall–Kier alpha value is -3.04. The molecule has 1 aliphatic rings. The molecule has 1 saturated heterocycles. The normalized spacial score (nSPS) is 15.4. The Morgan fingerprint density at radius 1 is 0.966 bits per heavy atom. The van der Waals surface area contributed by atoms with Crippen LogP contribution in [-0.2, 0) is 10.0 Å². The molecule has 2 heterocycles. The summed E-state index contributed by atoms with van der Waals surface area (Å²) < 4.78 is 32.0. The van der Waals surface area contributed by atoms with E-state index in [2.05, 4.69) is 10.1 Å². The fourth-order valence-corrected chi connectivity index (χ4v) is 4.67. The molecule has 8 nitrogen and oxygen atoms in total. The summed E-state index contributed by atoms with van der Waals surface area (Å²) in [6.07, 6.45) is 0. The lowest BCUT2D eigenvalue weighted by molar-refractivity contribution is 0.0698. The number of carbonyl (C=O) groups excluding carboxylic acids is 1. The highest BCUT2D eigenvalue weighted by Crippen LogP contribution is 2.20. The molecule has 3 aromatic rings. The molecule has 1 aromatic heterocycles. The second-order valence-electron chi connectivity index (χ2n) is 6.73. The number of hydrogen-bond donors (Lipinski definition) is 0. The minimum Gasteiger partial charge on any atom is -0.336 e. The summed E-state index contributed by atoms with van der Waals surface area (Å²) in [6, 6.07) is 15.3. The molecule has 0 radical (unpaired) electrons. The smallest absolute Gasteiger partial charge is 0.257 e. The molecule has 1 fully saturated rings. The maximum Gasteiger partial charge on any atom is 0.257 e. The topological polar surface area (TPSA) is 96.6 Å². The van der Waals surface area contributed by atoms with Crippen molar-refractivity contribution in [2.24, 2.45) is 0 Å². The average molecular weight is 412 g/mol. The summed E-state index contributed by atoms with van der Waals surface area (Å²) in [6.45, 7) is 2.96. The van der Waals surface area contributed by atoms with E-state index < -0.39 is 10.0 Å². The van der Waals surface area contributed by atoms with Crippen molar-refractivity contribution in [1.82, 2.24) is 19.3 Å². The highest BCUT2D eigenvalue weighted by Gasteiger charge is 2.30. The minimum absolute atomic E-state index is 0.130. The molecule has 29 heavy (non-hydrogen) atoms. The van der Waals surface area contributed by atoms with Crippen LogP contribution in [0.1, 0.15) is 16.2 Å². The van der Waals surface area contributed by atoms with Crippen LogP contribution in [0.15, 0.2) is 64.0 Å². The molecule has 0 N–H and O–H groups in total. The summed E-state index contributed by atoms with van der Waals surface area (Å²) in [5.74, 6) is 0.819. The van der Waals surface area contributed by atoms with Crippen molar-refractivity contribution in [3.63, 3.8) is 0 Å². The van der Waals surface area contributed by atoms with E-state index in [-0.39, 0.29) is 23.9 Å². The third-order valence-corrected chi connectivity index (χ3v) is 6.73. The maximum atomic E-state index is 12.8. The molecule has 1 amide bonds. The van der Waals surface area contributed by atoms with E-state index >= 15 is 0 Å². The van der Waals surface area contributed by atoms with Gasteiger partial charge in [-0.05, 0) is 43.3 Å². The third kappa shape index (κ3) is 3.92. The molecule has 0 saturated carbocycles. The molecule has 4 rings (SSSR count). The summed E-state index contributed by atoms with van der Waals surface area (Å²) in [5.41, 5.74) is 1.27. The zero-order valence-electron chi connectivity index (χ0n) is 15.9. The van der Waals surface area contributed by atoms with Gasteiger partial charge in [0.1, 0.15) is 0 Å². The Bertz CT molecular complexity index is 1100. The summed E-state index contributed by atoms with van der Waals surface area (Å²) in [7, 11) is -3.54. The number of rotatable bonds is 4. The predicted octanol–water partition coefficient (Wildman–Crippen LogP) is 2.19. The molecule has 2 aromatic carbocycles. The number of benzene rings is 2. The van der Waals surface area contributed by atoms with Gasteiger partial charge in [-0.15, -0.1) is 0 Å². The fraction of sp³-hybridized carbons (Fsp3) is 0.250. The van der Waals surface area contributed by atoms with Gasteiger partial charge in [-0.2, -0.15) is 9.29 Å². The van der Waals surface area contributed by atoms with Crippen molar-refractivity contribution in [3.8, 4) is 11.5 Å². The fourth-order valence-electron chi connectivity index (χ4n) is 3.23. The molecule has 1 aliphatic heterocycles. The minimum atomic E-state index is -3.54. The van der Waals surface area contributed by atoms with E-state index in [1.807, 2.05) is 0 Å². The second kappa shape index (κ2) is 7.76. The lowest BCUT2D eigenvalue weighted by atomic mass is 10.1. The summed E-state index contributed by atoms with van der Waals surface area (Å²) in [4.78, 5) is 18.9. The highest BCUT2D eigenvalue weighted by atomic mass is 32.2. The summed E-state index contributed by atoms with van der Waals surface area (Å²) >= 11 is 0. The van der Waals surface area contributed by atoms with Crippen molar-refractivity contribution in [1.29, 1.82) is 0 Å². The number of aromatic nitrogens is 2. The van der Waals surface area contributed by atoms with Crippen LogP contribution in [0.5, 0.6) is 0 Å². The Morgan fingerprint density at radius 3 is 2.21 bits per heavy atom. The van der Waals surface area contributed by atoms with Crippen LogP contribution in [0.3, 0.4) is 0 Å². The van der Waals surface area contributed by atoms with E-state index in [0.29, 0.717) is 30.4 Å². The van der Waals surface area contributed by atoms with Crippen LogP contribution < -0.4 is 0 Å². The van der Waals surface area contributed by atoms with Crippen LogP contribution in [0.4, 0.5) is 0 Å². The van der Waals surface area contributed by atoms with Crippen molar-refractivity contribution >= 4 is 15.9 Å². The Labute approximate surface area is 168 Å². The first kappa shape index (κ1) is 19.3. The van der Waals surface area contributed by atoms with Gasteiger partial charge >= 0.3 is 0 Å². The first-order chi connectivity index (χ1) is 13.9. The second-order valence-corrected chi connectivity index (χ2v) is 8.67. The van der Waals surface area contributed by atoms with Gasteiger partial charge in [0.15, 0.2) is 5.82 Å². The molecular formula is C20H20N4O4S. The quantitative estimate of drug-likeness (QED) is 0.652. The van der Waals surface area contributed by atoms with E-state index in [1.165, 1.54) is 4.31 Å². The van der Waals surface area contributed by atoms with Gasteiger partial charge in [-0.25, -0.2) is 8.42 Å². The zero-order chi connectivity index (χ0) is 20.4. The van der Waals surface area contributed by atoms with Crippen LogP contribution in [0.2, 0.25) is 0 Å². The number of amides is 1. The number of nitrogens with zero attached hydrogens (tertiary/aromatic N) is 4. The van der Waals surface area contributed by atoms with E-state index in [9.17, 15) is 13.2 Å². The van der Waals surface area contributed by atoms with Gasteiger partial charge < -0.3 is 9.42 Å². The van der Waals surface area contributed by atoms with Gasteiger partial charge in [0.25, 0.3) is 11.8 Å². The number of hydrogen-bond acceptors (Lipinski definition) is 6. The van der Waals surface area contributed by atoms with Crippen LogP contribution >= 0.6 is 0 Å². The van der Waals surface area contributed by atoms with Crippen molar-refractivity contribution in [2.75, 3.05) is 26.2 Å². The highest BCUT2D eigenvalue weighted by molar-refractivity contribution is 7.89. The third-order valence-electron chi connectivity index (χ3n) is 4.81. The van der Waals surface area contributed by atoms with E-state index in [1.54, 1.807) is 66.4 Å². The van der Waals surface area contributed by atoms with Gasteiger partial charge in [0.2, 0.25) is 10.0 Å². The molecule has 9 heteroatoms. The van der Waals surface area contributed by atoms with E-state index in [4.69, 9.17) is 4.52 Å². The number of carbonyl (C=O) groups is 1.